The zero-order chi connectivity index (χ0) is 22.7. The van der Waals surface area contributed by atoms with Crippen molar-refractivity contribution in [3.8, 4) is 5.75 Å². The van der Waals surface area contributed by atoms with Crippen LogP contribution < -0.4 is 20.4 Å². The fourth-order valence-electron chi connectivity index (χ4n) is 3.30. The molecule has 2 aromatic heterocycles. The van der Waals surface area contributed by atoms with Crippen LogP contribution >= 0.6 is 11.3 Å². The molecule has 2 heterocycles. The van der Waals surface area contributed by atoms with E-state index in [9.17, 15) is 9.59 Å². The van der Waals surface area contributed by atoms with Crippen LogP contribution in [0.5, 0.6) is 5.75 Å². The number of benzene rings is 2. The van der Waals surface area contributed by atoms with E-state index in [4.69, 9.17) is 4.74 Å². The van der Waals surface area contributed by atoms with Crippen molar-refractivity contribution in [1.29, 1.82) is 0 Å². The molecule has 7 heteroatoms. The maximum absolute atomic E-state index is 12.9. The topological polar surface area (TPSA) is 73.6 Å². The van der Waals surface area contributed by atoms with E-state index in [0.29, 0.717) is 28.4 Å². The first-order chi connectivity index (χ1) is 15.4. The van der Waals surface area contributed by atoms with Crippen molar-refractivity contribution in [2.24, 2.45) is 0 Å². The molecule has 2 aromatic carbocycles. The highest BCUT2D eigenvalue weighted by molar-refractivity contribution is 7.15. The summed E-state index contributed by atoms with van der Waals surface area (Å²) in [7, 11) is 0. The minimum atomic E-state index is -0.412. The van der Waals surface area contributed by atoms with E-state index < -0.39 is 5.56 Å². The molecular weight excluding hydrogens is 422 g/mol. The fraction of sp³-hybridized carbons (Fsp3) is 0.280. The van der Waals surface area contributed by atoms with E-state index in [1.807, 2.05) is 42.5 Å². The Balaban J connectivity index is 1.64. The Morgan fingerprint density at radius 2 is 1.78 bits per heavy atom. The average Bonchev–Trinajstić information content (AvgIpc) is 3.08. The van der Waals surface area contributed by atoms with E-state index >= 15 is 0 Å². The van der Waals surface area contributed by atoms with Gasteiger partial charge in [0.25, 0.3) is 11.1 Å². The molecule has 0 N–H and O–H groups in total. The number of aromatic nitrogens is 3. The summed E-state index contributed by atoms with van der Waals surface area (Å²) in [5, 5.41) is 4.33. The zero-order valence-corrected chi connectivity index (χ0v) is 19.2. The Kier molecular flexibility index (Phi) is 6.46. The van der Waals surface area contributed by atoms with Gasteiger partial charge in [0, 0.05) is 6.42 Å². The molecule has 0 fully saturated rings. The van der Waals surface area contributed by atoms with Gasteiger partial charge >= 0.3 is 0 Å². The van der Waals surface area contributed by atoms with Gasteiger partial charge in [0.05, 0.1) is 11.1 Å². The Labute approximate surface area is 189 Å². The van der Waals surface area contributed by atoms with Gasteiger partial charge in [-0.05, 0) is 47.2 Å². The molecule has 4 rings (SSSR count). The van der Waals surface area contributed by atoms with Gasteiger partial charge in [0.15, 0.2) is 0 Å². The number of hydrogen-bond donors (Lipinski definition) is 0. The summed E-state index contributed by atoms with van der Waals surface area (Å²) < 4.78 is 7.32. The SMILES string of the molecule is CCCOc1ccc(Cc2nn3c(=O)/c(=C/c4ccc(C(C)C)cc4)sc3nc2=O)cc1. The van der Waals surface area contributed by atoms with Crippen LogP contribution in [0.15, 0.2) is 58.1 Å². The largest absolute Gasteiger partial charge is 0.494 e. The molecule has 32 heavy (non-hydrogen) atoms. The van der Waals surface area contributed by atoms with Gasteiger partial charge in [-0.25, -0.2) is 0 Å². The van der Waals surface area contributed by atoms with Crippen LogP contribution in [-0.4, -0.2) is 21.2 Å². The fourth-order valence-corrected chi connectivity index (χ4v) is 4.20. The van der Waals surface area contributed by atoms with Crippen LogP contribution in [0.4, 0.5) is 0 Å². The molecule has 0 aliphatic heterocycles. The van der Waals surface area contributed by atoms with E-state index in [0.717, 1.165) is 23.3 Å². The number of hydrogen-bond acceptors (Lipinski definition) is 6. The van der Waals surface area contributed by atoms with Crippen LogP contribution in [0.25, 0.3) is 11.0 Å². The van der Waals surface area contributed by atoms with Crippen molar-refractivity contribution in [3.05, 3.63) is 96.2 Å². The molecule has 4 aromatic rings. The van der Waals surface area contributed by atoms with Crippen LogP contribution in [0.1, 0.15) is 55.5 Å². The van der Waals surface area contributed by atoms with Crippen molar-refractivity contribution in [1.82, 2.24) is 14.6 Å². The lowest BCUT2D eigenvalue weighted by molar-refractivity contribution is 0.317. The number of thiazole rings is 1. The Bertz CT molecular complexity index is 1390. The van der Waals surface area contributed by atoms with Crippen LogP contribution in [0.3, 0.4) is 0 Å². The summed E-state index contributed by atoms with van der Waals surface area (Å²) in [6, 6.07) is 15.6. The normalized spacial score (nSPS) is 12.1. The summed E-state index contributed by atoms with van der Waals surface area (Å²) in [6.45, 7) is 6.99. The Morgan fingerprint density at radius 3 is 2.44 bits per heavy atom. The minimum Gasteiger partial charge on any atom is -0.494 e. The second kappa shape index (κ2) is 9.44. The second-order valence-electron chi connectivity index (χ2n) is 7.96. The lowest BCUT2D eigenvalue weighted by Crippen LogP contribution is -2.28. The first-order valence-electron chi connectivity index (χ1n) is 10.7. The van der Waals surface area contributed by atoms with Crippen LogP contribution in [0, 0.1) is 0 Å². The summed E-state index contributed by atoms with van der Waals surface area (Å²) >= 11 is 1.17. The number of rotatable bonds is 7. The maximum Gasteiger partial charge on any atom is 0.296 e. The summed E-state index contributed by atoms with van der Waals surface area (Å²) in [5.74, 6) is 1.23. The maximum atomic E-state index is 12.9. The van der Waals surface area contributed by atoms with Crippen molar-refractivity contribution >= 4 is 22.4 Å². The predicted molar refractivity (Wildman–Crippen MR) is 128 cm³/mol. The summed E-state index contributed by atoms with van der Waals surface area (Å²) in [4.78, 5) is 29.8. The van der Waals surface area contributed by atoms with Gasteiger partial charge in [-0.3, -0.25) is 9.59 Å². The van der Waals surface area contributed by atoms with Gasteiger partial charge in [-0.15, -0.1) is 0 Å². The molecule has 0 saturated heterocycles. The number of nitrogens with zero attached hydrogens (tertiary/aromatic N) is 3. The zero-order valence-electron chi connectivity index (χ0n) is 18.4. The van der Waals surface area contributed by atoms with E-state index in [-0.39, 0.29) is 11.3 Å². The molecule has 0 bridgehead atoms. The van der Waals surface area contributed by atoms with Crippen molar-refractivity contribution in [2.75, 3.05) is 6.61 Å². The summed E-state index contributed by atoms with van der Waals surface area (Å²) in [6.07, 6.45) is 3.05. The first-order valence-corrected chi connectivity index (χ1v) is 11.5. The average molecular weight is 448 g/mol. The smallest absolute Gasteiger partial charge is 0.296 e. The molecular formula is C25H25N3O3S. The Morgan fingerprint density at radius 1 is 1.06 bits per heavy atom. The van der Waals surface area contributed by atoms with Gasteiger partial charge in [-0.1, -0.05) is 68.5 Å². The van der Waals surface area contributed by atoms with Gasteiger partial charge < -0.3 is 4.74 Å². The predicted octanol–water partition coefficient (Wildman–Crippen LogP) is 3.56. The molecule has 0 saturated carbocycles. The van der Waals surface area contributed by atoms with E-state index in [1.54, 1.807) is 0 Å². The number of fused-ring (bicyclic) bond motifs is 1. The highest BCUT2D eigenvalue weighted by Crippen LogP contribution is 2.15. The third kappa shape index (κ3) is 4.78. The van der Waals surface area contributed by atoms with Crippen molar-refractivity contribution < 1.29 is 4.74 Å². The highest BCUT2D eigenvalue weighted by atomic mass is 32.1. The van der Waals surface area contributed by atoms with Gasteiger partial charge in [0.2, 0.25) is 4.96 Å². The van der Waals surface area contributed by atoms with Crippen molar-refractivity contribution in [2.45, 2.75) is 39.5 Å². The minimum absolute atomic E-state index is 0.243. The molecule has 0 radical (unpaired) electrons. The number of ether oxygens (including phenoxy) is 1. The van der Waals surface area contributed by atoms with Gasteiger partial charge in [0.1, 0.15) is 11.4 Å². The lowest BCUT2D eigenvalue weighted by atomic mass is 10.0. The standard InChI is InChI=1S/C25H25N3O3S/c1-4-13-31-20-11-7-17(8-12-20)14-21-23(29)26-25-28(27-21)24(30)22(32-25)15-18-5-9-19(10-6-18)16(2)3/h5-12,15-16H,4,13-14H2,1-3H3/b22-15-. The molecule has 0 aliphatic carbocycles. The van der Waals surface area contributed by atoms with Crippen molar-refractivity contribution in [3.63, 3.8) is 0 Å². The van der Waals surface area contributed by atoms with Crippen LogP contribution in [-0.2, 0) is 6.42 Å². The second-order valence-corrected chi connectivity index (χ2v) is 8.97. The molecule has 0 aliphatic rings. The van der Waals surface area contributed by atoms with E-state index in [1.165, 1.54) is 21.4 Å². The molecule has 0 amide bonds. The third-order valence-electron chi connectivity index (χ3n) is 5.12. The molecule has 164 valence electrons. The lowest BCUT2D eigenvalue weighted by Gasteiger charge is -2.05. The Hall–Kier alpha value is -3.32. The molecule has 0 unspecified atom stereocenters. The monoisotopic (exact) mass is 447 g/mol. The first kappa shape index (κ1) is 21.9. The summed E-state index contributed by atoms with van der Waals surface area (Å²) in [5.41, 5.74) is 2.63. The highest BCUT2D eigenvalue weighted by Gasteiger charge is 2.12. The third-order valence-corrected chi connectivity index (χ3v) is 6.08. The van der Waals surface area contributed by atoms with Gasteiger partial charge in [-0.2, -0.15) is 14.6 Å². The quantitative estimate of drug-likeness (QED) is 0.433. The van der Waals surface area contributed by atoms with Crippen LogP contribution in [0.2, 0.25) is 0 Å². The molecule has 0 atom stereocenters. The van der Waals surface area contributed by atoms with E-state index in [2.05, 4.69) is 43.0 Å². The molecule has 6 nitrogen and oxygen atoms in total. The molecule has 0 spiro atoms.